The number of carbonyl (C=O) groups excluding carboxylic acids is 1. The van der Waals surface area contributed by atoms with Gasteiger partial charge in [0.15, 0.2) is 0 Å². The summed E-state index contributed by atoms with van der Waals surface area (Å²) in [5, 5.41) is 2.83. The van der Waals surface area contributed by atoms with E-state index in [1.807, 2.05) is 24.3 Å². The van der Waals surface area contributed by atoms with Crippen LogP contribution in [0.15, 0.2) is 28.7 Å². The molecule has 0 bridgehead atoms. The fourth-order valence-electron chi connectivity index (χ4n) is 1.28. The van der Waals surface area contributed by atoms with Crippen LogP contribution in [0.3, 0.4) is 0 Å². The van der Waals surface area contributed by atoms with E-state index < -0.39 is 0 Å². The van der Waals surface area contributed by atoms with Gasteiger partial charge in [-0.3, -0.25) is 4.79 Å². The van der Waals surface area contributed by atoms with Crippen molar-refractivity contribution in [1.29, 1.82) is 0 Å². The highest BCUT2D eigenvalue weighted by Gasteiger charge is 2.26. The van der Waals surface area contributed by atoms with Crippen LogP contribution in [0.1, 0.15) is 18.0 Å². The monoisotopic (exact) mass is 225 g/mol. The molecule has 1 heterocycles. The molecule has 1 fully saturated rings. The smallest absolute Gasteiger partial charge is 0.222 e. The highest BCUT2D eigenvalue weighted by molar-refractivity contribution is 9.10. The van der Waals surface area contributed by atoms with Gasteiger partial charge >= 0.3 is 0 Å². The summed E-state index contributed by atoms with van der Waals surface area (Å²) in [6.45, 7) is 0. The molecule has 0 radical (unpaired) electrons. The van der Waals surface area contributed by atoms with Crippen LogP contribution in [0.5, 0.6) is 0 Å². The first-order valence-electron chi connectivity index (χ1n) is 3.80. The van der Waals surface area contributed by atoms with Crippen molar-refractivity contribution in [2.75, 3.05) is 0 Å². The minimum Gasteiger partial charge on any atom is -0.349 e. The molecular weight excluding hydrogens is 218 g/mol. The maximum absolute atomic E-state index is 10.6. The molecule has 0 aromatic heterocycles. The Morgan fingerprint density at radius 2 is 2.25 bits per heavy atom. The highest BCUT2D eigenvalue weighted by Crippen LogP contribution is 2.25. The minimum atomic E-state index is 0.139. The van der Waals surface area contributed by atoms with Gasteiger partial charge in [-0.1, -0.05) is 28.1 Å². The van der Waals surface area contributed by atoms with Gasteiger partial charge in [0.05, 0.1) is 12.5 Å². The molecule has 1 N–H and O–H groups in total. The first kappa shape index (κ1) is 7.80. The Balaban J connectivity index is 2.18. The van der Waals surface area contributed by atoms with Gasteiger partial charge in [-0.25, -0.2) is 0 Å². The Hall–Kier alpha value is -0.830. The Morgan fingerprint density at radius 3 is 2.83 bits per heavy atom. The molecule has 2 nitrogen and oxygen atoms in total. The molecule has 1 aromatic rings. The molecule has 62 valence electrons. The van der Waals surface area contributed by atoms with Crippen LogP contribution >= 0.6 is 15.9 Å². The first-order valence-corrected chi connectivity index (χ1v) is 4.60. The fourth-order valence-corrected chi connectivity index (χ4v) is 1.70. The second kappa shape index (κ2) is 2.90. The van der Waals surface area contributed by atoms with Crippen molar-refractivity contribution in [1.82, 2.24) is 5.32 Å². The largest absolute Gasteiger partial charge is 0.349 e. The zero-order valence-electron chi connectivity index (χ0n) is 6.38. The Kier molecular flexibility index (Phi) is 1.89. The standard InChI is InChI=1S/C9H8BrNO/c10-7-3-1-2-6(4-7)8-5-9(12)11-8/h1-4,8H,5H2,(H,11,12). The molecule has 1 unspecified atom stereocenters. The Labute approximate surface area is 79.1 Å². The molecule has 1 saturated heterocycles. The normalized spacial score (nSPS) is 21.4. The lowest BCUT2D eigenvalue weighted by atomic mass is 9.98. The van der Waals surface area contributed by atoms with Gasteiger partial charge in [-0.05, 0) is 17.7 Å². The van der Waals surface area contributed by atoms with Gasteiger partial charge in [0.25, 0.3) is 0 Å². The lowest BCUT2D eigenvalue weighted by Crippen LogP contribution is -2.41. The van der Waals surface area contributed by atoms with E-state index >= 15 is 0 Å². The van der Waals surface area contributed by atoms with Gasteiger partial charge in [0, 0.05) is 4.47 Å². The summed E-state index contributed by atoms with van der Waals surface area (Å²) >= 11 is 3.39. The predicted octanol–water partition coefficient (Wildman–Crippen LogP) is 2.01. The Bertz CT molecular complexity index is 316. The number of benzene rings is 1. The topological polar surface area (TPSA) is 29.1 Å². The number of rotatable bonds is 1. The number of carbonyl (C=O) groups is 1. The maximum atomic E-state index is 10.6. The van der Waals surface area contributed by atoms with Crippen LogP contribution in [0.2, 0.25) is 0 Å². The molecule has 1 aliphatic heterocycles. The number of nitrogens with one attached hydrogen (secondary N) is 1. The van der Waals surface area contributed by atoms with Crippen molar-refractivity contribution >= 4 is 21.8 Å². The molecule has 12 heavy (non-hydrogen) atoms. The van der Waals surface area contributed by atoms with Crippen molar-refractivity contribution in [2.24, 2.45) is 0 Å². The van der Waals surface area contributed by atoms with Gasteiger partial charge in [0.2, 0.25) is 5.91 Å². The van der Waals surface area contributed by atoms with E-state index in [2.05, 4.69) is 21.2 Å². The minimum absolute atomic E-state index is 0.139. The zero-order chi connectivity index (χ0) is 8.55. The number of amides is 1. The molecule has 2 rings (SSSR count). The first-order chi connectivity index (χ1) is 5.75. The van der Waals surface area contributed by atoms with Gasteiger partial charge in [-0.15, -0.1) is 0 Å². The molecule has 0 spiro atoms. The summed E-state index contributed by atoms with van der Waals surface area (Å²) in [4.78, 5) is 10.6. The fraction of sp³-hybridized carbons (Fsp3) is 0.222. The van der Waals surface area contributed by atoms with E-state index in [0.717, 1.165) is 4.47 Å². The lowest BCUT2D eigenvalue weighted by Gasteiger charge is -2.27. The van der Waals surface area contributed by atoms with Crippen LogP contribution in [0.4, 0.5) is 0 Å². The van der Waals surface area contributed by atoms with Gasteiger partial charge in [-0.2, -0.15) is 0 Å². The molecule has 1 atom stereocenters. The third-order valence-corrected chi connectivity index (χ3v) is 2.47. The van der Waals surface area contributed by atoms with Crippen LogP contribution in [-0.2, 0) is 4.79 Å². The molecule has 1 aliphatic rings. The lowest BCUT2D eigenvalue weighted by molar-refractivity contribution is -0.128. The third kappa shape index (κ3) is 1.37. The summed E-state index contributed by atoms with van der Waals surface area (Å²) < 4.78 is 1.06. The van der Waals surface area contributed by atoms with Crippen molar-refractivity contribution in [3.05, 3.63) is 34.3 Å². The summed E-state index contributed by atoms with van der Waals surface area (Å²) in [7, 11) is 0. The van der Waals surface area contributed by atoms with Crippen LogP contribution in [0, 0.1) is 0 Å². The van der Waals surface area contributed by atoms with Crippen molar-refractivity contribution in [3.63, 3.8) is 0 Å². The Morgan fingerprint density at radius 1 is 1.50 bits per heavy atom. The van der Waals surface area contributed by atoms with E-state index in [4.69, 9.17) is 0 Å². The van der Waals surface area contributed by atoms with Crippen molar-refractivity contribution < 1.29 is 4.79 Å². The van der Waals surface area contributed by atoms with Gasteiger partial charge in [0.1, 0.15) is 0 Å². The molecule has 0 aliphatic carbocycles. The molecule has 1 aromatic carbocycles. The highest BCUT2D eigenvalue weighted by atomic mass is 79.9. The third-order valence-electron chi connectivity index (χ3n) is 1.98. The van der Waals surface area contributed by atoms with E-state index in [1.54, 1.807) is 0 Å². The SMILES string of the molecule is O=C1CC(c2cccc(Br)c2)N1. The second-order valence-corrected chi connectivity index (χ2v) is 3.79. The number of halogens is 1. The quantitative estimate of drug-likeness (QED) is 0.729. The molecule has 1 amide bonds. The number of hydrogen-bond donors (Lipinski definition) is 1. The van der Waals surface area contributed by atoms with Gasteiger partial charge < -0.3 is 5.32 Å². The van der Waals surface area contributed by atoms with Crippen LogP contribution < -0.4 is 5.32 Å². The van der Waals surface area contributed by atoms with Crippen LogP contribution in [-0.4, -0.2) is 5.91 Å². The average molecular weight is 226 g/mol. The summed E-state index contributed by atoms with van der Waals surface area (Å²) in [6.07, 6.45) is 0.621. The number of β-lactam (4-membered cyclic amide) rings is 1. The van der Waals surface area contributed by atoms with E-state index in [-0.39, 0.29) is 11.9 Å². The predicted molar refractivity (Wildman–Crippen MR) is 49.6 cm³/mol. The van der Waals surface area contributed by atoms with E-state index in [0.29, 0.717) is 6.42 Å². The van der Waals surface area contributed by atoms with Crippen molar-refractivity contribution in [3.8, 4) is 0 Å². The van der Waals surface area contributed by atoms with Crippen molar-refractivity contribution in [2.45, 2.75) is 12.5 Å². The molecule has 3 heteroatoms. The maximum Gasteiger partial charge on any atom is 0.222 e. The zero-order valence-corrected chi connectivity index (χ0v) is 7.97. The molecular formula is C9H8BrNO. The second-order valence-electron chi connectivity index (χ2n) is 2.88. The number of hydrogen-bond acceptors (Lipinski definition) is 1. The summed E-state index contributed by atoms with van der Waals surface area (Å²) in [5.74, 6) is 0.139. The summed E-state index contributed by atoms with van der Waals surface area (Å²) in [6, 6.07) is 8.24. The van der Waals surface area contributed by atoms with E-state index in [9.17, 15) is 4.79 Å². The average Bonchev–Trinajstić information content (AvgIpc) is 1.99. The van der Waals surface area contributed by atoms with E-state index in [1.165, 1.54) is 5.56 Å². The van der Waals surface area contributed by atoms with Crippen LogP contribution in [0.25, 0.3) is 0 Å². The summed E-state index contributed by atoms with van der Waals surface area (Å²) in [5.41, 5.74) is 1.17. The molecule has 0 saturated carbocycles.